The summed E-state index contributed by atoms with van der Waals surface area (Å²) in [5.74, 6) is -1.64. The molecule has 2 atom stereocenters. The molecule has 30 heavy (non-hydrogen) atoms. The molecule has 1 saturated heterocycles. The summed E-state index contributed by atoms with van der Waals surface area (Å²) in [5, 5.41) is 1.22. The Bertz CT molecular complexity index is 1030. The molecule has 0 N–H and O–H groups in total. The van der Waals surface area contributed by atoms with Crippen LogP contribution in [-0.4, -0.2) is 24.0 Å². The molecule has 0 spiro atoms. The van der Waals surface area contributed by atoms with Crippen LogP contribution in [0, 0.1) is 11.6 Å². The number of benzene rings is 3. The second-order valence-corrected chi connectivity index (χ2v) is 8.45. The van der Waals surface area contributed by atoms with E-state index in [0.29, 0.717) is 16.6 Å². The fraction of sp³-hybridized carbons (Fsp3) is 0.250. The smallest absolute Gasteiger partial charge is 0.159 e. The molecule has 156 valence electrons. The number of halogens is 4. The summed E-state index contributed by atoms with van der Waals surface area (Å²) >= 11 is 12.7. The first-order chi connectivity index (χ1) is 14.4. The van der Waals surface area contributed by atoms with Crippen molar-refractivity contribution in [1.29, 1.82) is 0 Å². The van der Waals surface area contributed by atoms with Crippen LogP contribution in [0.3, 0.4) is 0 Å². The molecule has 1 unspecified atom stereocenters. The Morgan fingerprint density at radius 1 is 0.900 bits per heavy atom. The van der Waals surface area contributed by atoms with Crippen LogP contribution in [0.1, 0.15) is 24.1 Å². The molecular formula is C24H22Cl2F2N2. The molecule has 6 heteroatoms. The number of hydrogen-bond donors (Lipinski definition) is 0. The Morgan fingerprint density at radius 2 is 1.67 bits per heavy atom. The first-order valence-corrected chi connectivity index (χ1v) is 10.6. The van der Waals surface area contributed by atoms with Crippen LogP contribution in [0.5, 0.6) is 0 Å². The van der Waals surface area contributed by atoms with E-state index in [1.54, 1.807) is 12.1 Å². The van der Waals surface area contributed by atoms with E-state index in [4.69, 9.17) is 23.2 Å². The molecule has 1 aliphatic heterocycles. The summed E-state index contributed by atoms with van der Waals surface area (Å²) in [6.07, 6.45) is 0. The van der Waals surface area contributed by atoms with Crippen LogP contribution in [0.25, 0.3) is 0 Å². The lowest BCUT2D eigenvalue weighted by molar-refractivity contribution is 0.144. The highest BCUT2D eigenvalue weighted by molar-refractivity contribution is 6.36. The van der Waals surface area contributed by atoms with Crippen LogP contribution < -0.4 is 4.90 Å². The molecular weight excluding hydrogens is 425 g/mol. The third-order valence-electron chi connectivity index (χ3n) is 5.73. The van der Waals surface area contributed by atoms with Crippen LogP contribution in [0.4, 0.5) is 14.5 Å². The van der Waals surface area contributed by atoms with Gasteiger partial charge >= 0.3 is 0 Å². The first kappa shape index (κ1) is 21.1. The van der Waals surface area contributed by atoms with E-state index in [9.17, 15) is 8.78 Å². The molecule has 4 rings (SSSR count). The molecule has 0 radical (unpaired) electrons. The van der Waals surface area contributed by atoms with Crippen molar-refractivity contribution in [3.63, 3.8) is 0 Å². The molecule has 3 aromatic rings. The van der Waals surface area contributed by atoms with Gasteiger partial charge in [0.15, 0.2) is 11.6 Å². The van der Waals surface area contributed by atoms with Gasteiger partial charge in [-0.1, -0.05) is 59.6 Å². The quantitative estimate of drug-likeness (QED) is 0.438. The van der Waals surface area contributed by atoms with Gasteiger partial charge in [-0.15, -0.1) is 0 Å². The van der Waals surface area contributed by atoms with Crippen LogP contribution in [0.2, 0.25) is 10.0 Å². The fourth-order valence-electron chi connectivity index (χ4n) is 4.23. The van der Waals surface area contributed by atoms with Crippen molar-refractivity contribution >= 4 is 28.9 Å². The first-order valence-electron chi connectivity index (χ1n) is 9.88. The third kappa shape index (κ3) is 4.31. The van der Waals surface area contributed by atoms with E-state index in [0.717, 1.165) is 24.3 Å². The van der Waals surface area contributed by atoms with Gasteiger partial charge in [-0.2, -0.15) is 0 Å². The molecule has 3 aromatic carbocycles. The van der Waals surface area contributed by atoms with E-state index in [1.807, 2.05) is 30.3 Å². The van der Waals surface area contributed by atoms with Crippen molar-refractivity contribution in [1.82, 2.24) is 4.90 Å². The topological polar surface area (TPSA) is 6.48 Å². The second kappa shape index (κ2) is 8.93. The largest absolute Gasteiger partial charge is 0.360 e. The Hall–Kier alpha value is -2.14. The number of anilines is 1. The fourth-order valence-corrected chi connectivity index (χ4v) is 4.74. The molecule has 0 aromatic heterocycles. The minimum absolute atomic E-state index is 0.0453. The Balaban J connectivity index is 1.67. The second-order valence-electron chi connectivity index (χ2n) is 7.60. The monoisotopic (exact) mass is 446 g/mol. The highest BCUT2D eigenvalue weighted by Gasteiger charge is 2.35. The Kier molecular flexibility index (Phi) is 6.28. The van der Waals surface area contributed by atoms with Crippen molar-refractivity contribution in [2.24, 2.45) is 0 Å². The maximum atomic E-state index is 13.7. The predicted molar refractivity (Wildman–Crippen MR) is 119 cm³/mol. The van der Waals surface area contributed by atoms with Gasteiger partial charge in [0.2, 0.25) is 0 Å². The third-order valence-corrected chi connectivity index (χ3v) is 6.26. The van der Waals surface area contributed by atoms with Gasteiger partial charge in [-0.25, -0.2) is 8.78 Å². The van der Waals surface area contributed by atoms with E-state index in [1.165, 1.54) is 17.7 Å². The maximum absolute atomic E-state index is 13.7. The van der Waals surface area contributed by atoms with E-state index in [2.05, 4.69) is 28.9 Å². The lowest BCUT2D eigenvalue weighted by Gasteiger charge is -2.48. The van der Waals surface area contributed by atoms with Crippen LogP contribution >= 0.6 is 23.2 Å². The Labute approximate surface area is 185 Å². The van der Waals surface area contributed by atoms with Crippen molar-refractivity contribution in [3.05, 3.63) is 99.5 Å². The molecule has 0 aliphatic carbocycles. The Morgan fingerprint density at radius 3 is 2.37 bits per heavy atom. The lowest BCUT2D eigenvalue weighted by atomic mass is 9.93. The van der Waals surface area contributed by atoms with Crippen molar-refractivity contribution in [2.75, 3.05) is 18.0 Å². The number of hydrogen-bond acceptors (Lipinski definition) is 2. The molecule has 2 nitrogen and oxygen atoms in total. The average Bonchev–Trinajstić information content (AvgIpc) is 2.73. The van der Waals surface area contributed by atoms with Gasteiger partial charge in [-0.05, 0) is 48.4 Å². The molecule has 1 heterocycles. The van der Waals surface area contributed by atoms with E-state index in [-0.39, 0.29) is 12.1 Å². The molecule has 1 fully saturated rings. The summed E-state index contributed by atoms with van der Waals surface area (Å²) in [6.45, 7) is 4.22. The predicted octanol–water partition coefficient (Wildman–Crippen LogP) is 6.72. The average molecular weight is 447 g/mol. The zero-order chi connectivity index (χ0) is 21.3. The summed E-state index contributed by atoms with van der Waals surface area (Å²) in [6, 6.07) is 20.1. The van der Waals surface area contributed by atoms with Gasteiger partial charge in [-0.3, -0.25) is 4.90 Å². The SMILES string of the molecule is C[C@H]1C(c2ccccc2)N(c2ccc(Cl)cc2Cl)CCN1Cc1ccc(F)c(F)c1. The van der Waals surface area contributed by atoms with Crippen LogP contribution in [0.15, 0.2) is 66.7 Å². The summed E-state index contributed by atoms with van der Waals surface area (Å²) in [7, 11) is 0. The van der Waals surface area contributed by atoms with Gasteiger partial charge in [0.25, 0.3) is 0 Å². The minimum atomic E-state index is -0.823. The summed E-state index contributed by atoms with van der Waals surface area (Å²) in [5.41, 5.74) is 2.87. The molecule has 1 aliphatic rings. The summed E-state index contributed by atoms with van der Waals surface area (Å²) < 4.78 is 27.0. The molecule has 0 saturated carbocycles. The standard InChI is InChI=1S/C24H22Cl2F2N2/c1-16-24(18-5-3-2-4-6-18)30(23-10-8-19(25)14-20(23)26)12-11-29(16)15-17-7-9-21(27)22(28)13-17/h2-10,13-14,16,24H,11-12,15H2,1H3/t16-,24?/m0/s1. The number of piperazine rings is 1. The van der Waals surface area contributed by atoms with E-state index < -0.39 is 11.6 Å². The zero-order valence-corrected chi connectivity index (χ0v) is 18.0. The van der Waals surface area contributed by atoms with Crippen molar-refractivity contribution in [2.45, 2.75) is 25.6 Å². The maximum Gasteiger partial charge on any atom is 0.159 e. The highest BCUT2D eigenvalue weighted by Crippen LogP contribution is 2.39. The van der Waals surface area contributed by atoms with Crippen molar-refractivity contribution in [3.8, 4) is 0 Å². The van der Waals surface area contributed by atoms with Gasteiger partial charge in [0, 0.05) is 30.7 Å². The van der Waals surface area contributed by atoms with Gasteiger partial charge in [0.05, 0.1) is 16.8 Å². The zero-order valence-electron chi connectivity index (χ0n) is 16.5. The van der Waals surface area contributed by atoms with Crippen LogP contribution in [-0.2, 0) is 6.54 Å². The highest BCUT2D eigenvalue weighted by atomic mass is 35.5. The number of nitrogens with zero attached hydrogens (tertiary/aromatic N) is 2. The number of rotatable bonds is 4. The molecule has 0 amide bonds. The van der Waals surface area contributed by atoms with Crippen molar-refractivity contribution < 1.29 is 8.78 Å². The minimum Gasteiger partial charge on any atom is -0.360 e. The van der Waals surface area contributed by atoms with Gasteiger partial charge in [0.1, 0.15) is 0 Å². The normalized spacial score (nSPS) is 19.8. The van der Waals surface area contributed by atoms with E-state index >= 15 is 0 Å². The lowest BCUT2D eigenvalue weighted by Crippen LogP contribution is -2.53. The molecule has 0 bridgehead atoms. The summed E-state index contributed by atoms with van der Waals surface area (Å²) in [4.78, 5) is 4.60. The van der Waals surface area contributed by atoms with Gasteiger partial charge < -0.3 is 4.90 Å².